The summed E-state index contributed by atoms with van der Waals surface area (Å²) in [7, 11) is 4.25. The molecule has 1 fully saturated rings. The highest BCUT2D eigenvalue weighted by Gasteiger charge is 2.24. The smallest absolute Gasteiger partial charge is 0.133 e. The van der Waals surface area contributed by atoms with Gasteiger partial charge in [-0.15, -0.1) is 0 Å². The van der Waals surface area contributed by atoms with Gasteiger partial charge in [0.15, 0.2) is 0 Å². The van der Waals surface area contributed by atoms with Crippen LogP contribution in [0.1, 0.15) is 39.5 Å². The van der Waals surface area contributed by atoms with E-state index in [2.05, 4.69) is 37.7 Å². The van der Waals surface area contributed by atoms with Crippen LogP contribution in [0.5, 0.6) is 0 Å². The van der Waals surface area contributed by atoms with Crippen molar-refractivity contribution in [1.82, 2.24) is 9.80 Å². The monoisotopic (exact) mass is 240 g/mol. The van der Waals surface area contributed by atoms with Crippen LogP contribution in [0.15, 0.2) is 0 Å². The van der Waals surface area contributed by atoms with E-state index in [-0.39, 0.29) is 0 Å². The van der Waals surface area contributed by atoms with Crippen LogP contribution >= 0.6 is 0 Å². The lowest BCUT2D eigenvalue weighted by Crippen LogP contribution is -2.43. The molecule has 0 aromatic heterocycles. The minimum atomic E-state index is 0.457. The molecule has 0 aromatic rings. The van der Waals surface area contributed by atoms with Gasteiger partial charge in [-0.25, -0.2) is 0 Å². The van der Waals surface area contributed by atoms with Gasteiger partial charge in [0.2, 0.25) is 0 Å². The third-order valence-corrected chi connectivity index (χ3v) is 3.46. The molecule has 1 aliphatic carbocycles. The molecule has 0 N–H and O–H groups in total. The first kappa shape index (κ1) is 14.7. The summed E-state index contributed by atoms with van der Waals surface area (Å²) in [5.41, 5.74) is 0. The van der Waals surface area contributed by atoms with E-state index in [0.717, 1.165) is 45.3 Å². The van der Waals surface area contributed by atoms with Crippen molar-refractivity contribution >= 4 is 5.78 Å². The average molecular weight is 240 g/mol. The molecule has 0 atom stereocenters. The molecule has 0 aromatic carbocycles. The van der Waals surface area contributed by atoms with Crippen LogP contribution in [-0.4, -0.2) is 55.4 Å². The van der Waals surface area contributed by atoms with Gasteiger partial charge in [0.05, 0.1) is 0 Å². The molecule has 0 spiro atoms. The molecular formula is C14H28N2O. The van der Waals surface area contributed by atoms with E-state index in [0.29, 0.717) is 17.7 Å². The molecule has 0 bridgehead atoms. The Bertz CT molecular complexity index is 228. The van der Waals surface area contributed by atoms with Crippen molar-refractivity contribution in [2.75, 3.05) is 33.7 Å². The van der Waals surface area contributed by atoms with Gasteiger partial charge < -0.3 is 4.90 Å². The Hall–Kier alpha value is -0.410. The third-order valence-electron chi connectivity index (χ3n) is 3.46. The summed E-state index contributed by atoms with van der Waals surface area (Å²) in [6.45, 7) is 7.95. The number of hydrogen-bond donors (Lipinski definition) is 0. The van der Waals surface area contributed by atoms with Crippen molar-refractivity contribution in [2.45, 2.75) is 45.6 Å². The fourth-order valence-electron chi connectivity index (χ4n) is 2.51. The molecule has 0 aliphatic heterocycles. The van der Waals surface area contributed by atoms with Gasteiger partial charge in [-0.05, 0) is 32.9 Å². The van der Waals surface area contributed by atoms with Gasteiger partial charge in [0.1, 0.15) is 5.78 Å². The third kappa shape index (κ3) is 5.64. The summed E-state index contributed by atoms with van der Waals surface area (Å²) < 4.78 is 0. The topological polar surface area (TPSA) is 23.6 Å². The maximum Gasteiger partial charge on any atom is 0.133 e. The van der Waals surface area contributed by atoms with Crippen molar-refractivity contribution in [2.24, 2.45) is 5.92 Å². The number of rotatable bonds is 6. The molecule has 1 saturated carbocycles. The minimum Gasteiger partial charge on any atom is -0.308 e. The highest BCUT2D eigenvalue weighted by molar-refractivity contribution is 5.79. The standard InChI is InChI=1S/C14H28N2O/c1-12(2)11-16(10-9-15(3)4)13-5-7-14(17)8-6-13/h12-13H,5-11H2,1-4H3. The molecule has 1 aliphatic rings. The first-order chi connectivity index (χ1) is 7.99. The summed E-state index contributed by atoms with van der Waals surface area (Å²) in [6.07, 6.45) is 3.72. The minimum absolute atomic E-state index is 0.457. The van der Waals surface area contributed by atoms with Crippen LogP contribution < -0.4 is 0 Å². The lowest BCUT2D eigenvalue weighted by molar-refractivity contribution is -0.121. The van der Waals surface area contributed by atoms with E-state index in [1.807, 2.05) is 0 Å². The number of carbonyl (C=O) groups excluding carboxylic acids is 1. The van der Waals surface area contributed by atoms with Crippen LogP contribution in [0, 0.1) is 5.92 Å². The van der Waals surface area contributed by atoms with Gasteiger partial charge in [-0.1, -0.05) is 13.8 Å². The Morgan fingerprint density at radius 3 is 2.24 bits per heavy atom. The van der Waals surface area contributed by atoms with Gasteiger partial charge >= 0.3 is 0 Å². The molecular weight excluding hydrogens is 212 g/mol. The van der Waals surface area contributed by atoms with Gasteiger partial charge in [0, 0.05) is 38.5 Å². The number of Topliss-reactive ketones (excluding diaryl/α,β-unsaturated/α-hetero) is 1. The summed E-state index contributed by atoms with van der Waals surface area (Å²) >= 11 is 0. The molecule has 0 heterocycles. The number of likely N-dealkylation sites (N-methyl/N-ethyl adjacent to an activating group) is 1. The Morgan fingerprint density at radius 1 is 1.18 bits per heavy atom. The zero-order valence-electron chi connectivity index (χ0n) is 11.9. The van der Waals surface area contributed by atoms with E-state index < -0.39 is 0 Å². The van der Waals surface area contributed by atoms with Gasteiger partial charge in [0.25, 0.3) is 0 Å². The normalized spacial score (nSPS) is 18.6. The van der Waals surface area contributed by atoms with E-state index in [1.54, 1.807) is 0 Å². The Balaban J connectivity index is 2.46. The van der Waals surface area contributed by atoms with E-state index in [4.69, 9.17) is 0 Å². The Labute approximate surface area is 106 Å². The van der Waals surface area contributed by atoms with Crippen molar-refractivity contribution < 1.29 is 4.79 Å². The zero-order chi connectivity index (χ0) is 12.8. The van der Waals surface area contributed by atoms with Crippen molar-refractivity contribution in [3.63, 3.8) is 0 Å². The van der Waals surface area contributed by atoms with Crippen molar-refractivity contribution in [3.8, 4) is 0 Å². The molecule has 17 heavy (non-hydrogen) atoms. The van der Waals surface area contributed by atoms with Gasteiger partial charge in [-0.2, -0.15) is 0 Å². The fraction of sp³-hybridized carbons (Fsp3) is 0.929. The Morgan fingerprint density at radius 2 is 1.76 bits per heavy atom. The zero-order valence-corrected chi connectivity index (χ0v) is 11.9. The van der Waals surface area contributed by atoms with Crippen LogP contribution in [0.3, 0.4) is 0 Å². The molecule has 0 radical (unpaired) electrons. The highest BCUT2D eigenvalue weighted by atomic mass is 16.1. The Kier molecular flexibility index (Phi) is 6.14. The number of nitrogens with zero attached hydrogens (tertiary/aromatic N) is 2. The van der Waals surface area contributed by atoms with E-state index in [1.165, 1.54) is 0 Å². The van der Waals surface area contributed by atoms with Crippen molar-refractivity contribution in [3.05, 3.63) is 0 Å². The molecule has 100 valence electrons. The molecule has 3 heteroatoms. The maximum atomic E-state index is 11.3. The predicted molar refractivity (Wildman–Crippen MR) is 72.2 cm³/mol. The number of hydrogen-bond acceptors (Lipinski definition) is 3. The second-order valence-electron chi connectivity index (χ2n) is 5.96. The second-order valence-corrected chi connectivity index (χ2v) is 5.96. The number of ketones is 1. The molecule has 0 saturated heterocycles. The average Bonchev–Trinajstić information content (AvgIpc) is 2.25. The summed E-state index contributed by atoms with van der Waals surface area (Å²) in [4.78, 5) is 16.1. The van der Waals surface area contributed by atoms with Gasteiger partial charge in [-0.3, -0.25) is 9.69 Å². The van der Waals surface area contributed by atoms with Crippen LogP contribution in [0.25, 0.3) is 0 Å². The maximum absolute atomic E-state index is 11.3. The first-order valence-corrected chi connectivity index (χ1v) is 6.89. The summed E-state index contributed by atoms with van der Waals surface area (Å²) in [5.74, 6) is 1.16. The van der Waals surface area contributed by atoms with E-state index in [9.17, 15) is 4.79 Å². The molecule has 3 nitrogen and oxygen atoms in total. The SMILES string of the molecule is CC(C)CN(CCN(C)C)C1CCC(=O)CC1. The van der Waals surface area contributed by atoms with Crippen LogP contribution in [0.4, 0.5) is 0 Å². The predicted octanol–water partition coefficient (Wildman–Crippen LogP) is 2.02. The number of carbonyl (C=O) groups is 1. The summed E-state index contributed by atoms with van der Waals surface area (Å²) in [5, 5.41) is 0. The second kappa shape index (κ2) is 7.12. The molecule has 0 unspecified atom stereocenters. The van der Waals surface area contributed by atoms with Crippen LogP contribution in [0.2, 0.25) is 0 Å². The lowest BCUT2D eigenvalue weighted by atomic mass is 9.92. The molecule has 0 amide bonds. The van der Waals surface area contributed by atoms with Crippen LogP contribution in [-0.2, 0) is 4.79 Å². The summed E-state index contributed by atoms with van der Waals surface area (Å²) in [6, 6.07) is 0.634. The highest BCUT2D eigenvalue weighted by Crippen LogP contribution is 2.21. The first-order valence-electron chi connectivity index (χ1n) is 6.89. The largest absolute Gasteiger partial charge is 0.308 e. The molecule has 1 rings (SSSR count). The quantitative estimate of drug-likeness (QED) is 0.709. The van der Waals surface area contributed by atoms with E-state index >= 15 is 0 Å². The van der Waals surface area contributed by atoms with Crippen molar-refractivity contribution in [1.29, 1.82) is 0 Å². The lowest BCUT2D eigenvalue weighted by Gasteiger charge is -2.35. The fourth-order valence-corrected chi connectivity index (χ4v) is 2.51.